The molecule has 0 aliphatic carbocycles. The van der Waals surface area contributed by atoms with Gasteiger partial charge in [-0.1, -0.05) is 17.7 Å². The van der Waals surface area contributed by atoms with Crippen molar-refractivity contribution < 1.29 is 4.79 Å². The number of nitrogens with zero attached hydrogens (tertiary/aromatic N) is 5. The molecule has 5 rings (SSSR count). The second-order valence-corrected chi connectivity index (χ2v) is 9.14. The van der Waals surface area contributed by atoms with Gasteiger partial charge in [0.25, 0.3) is 5.91 Å². The van der Waals surface area contributed by atoms with E-state index in [1.54, 1.807) is 0 Å². The Bertz CT molecular complexity index is 1130. The van der Waals surface area contributed by atoms with E-state index >= 15 is 0 Å². The fourth-order valence-electron chi connectivity index (χ4n) is 5.12. The summed E-state index contributed by atoms with van der Waals surface area (Å²) in [4.78, 5) is 22.8. The number of anilines is 1. The number of aromatic nitrogens is 3. The number of rotatable bonds is 3. The Hall–Kier alpha value is -2.89. The third-order valence-corrected chi connectivity index (χ3v) is 6.75. The minimum Gasteiger partial charge on any atom is -0.356 e. The molecule has 2 aliphatic heterocycles. The standard InChI is InChI=1S/C25H31N5O/c1-17-9-10-20(18(2)14-17)25(31)29-13-5-4-8-22(29)21-15-23-26-24(28-11-6-7-12-28)19(3)16-30(23)27-21/h9-10,14-16,22H,4-8,11-13H2,1-3H3/t22-/m0/s1. The van der Waals surface area contributed by atoms with E-state index in [-0.39, 0.29) is 11.9 Å². The van der Waals surface area contributed by atoms with Crippen molar-refractivity contribution in [2.75, 3.05) is 24.5 Å². The number of piperidine rings is 1. The van der Waals surface area contributed by atoms with Gasteiger partial charge < -0.3 is 9.80 Å². The van der Waals surface area contributed by atoms with Gasteiger partial charge in [-0.25, -0.2) is 9.50 Å². The predicted octanol–water partition coefficient (Wildman–Crippen LogP) is 4.62. The van der Waals surface area contributed by atoms with Gasteiger partial charge in [0.05, 0.1) is 11.7 Å². The average Bonchev–Trinajstić information content (AvgIpc) is 3.42. The van der Waals surface area contributed by atoms with Crippen molar-refractivity contribution in [2.24, 2.45) is 0 Å². The smallest absolute Gasteiger partial charge is 0.254 e. The Balaban J connectivity index is 1.49. The van der Waals surface area contributed by atoms with Crippen LogP contribution < -0.4 is 4.90 Å². The van der Waals surface area contributed by atoms with Crippen LogP contribution in [0.2, 0.25) is 0 Å². The van der Waals surface area contributed by atoms with Gasteiger partial charge in [-0.05, 0) is 64.5 Å². The first-order chi connectivity index (χ1) is 15.0. The van der Waals surface area contributed by atoms with Crippen molar-refractivity contribution in [3.8, 4) is 0 Å². The number of benzene rings is 1. The zero-order valence-electron chi connectivity index (χ0n) is 18.8. The van der Waals surface area contributed by atoms with Crippen molar-refractivity contribution in [3.63, 3.8) is 0 Å². The van der Waals surface area contributed by atoms with Gasteiger partial charge >= 0.3 is 0 Å². The highest BCUT2D eigenvalue weighted by Gasteiger charge is 2.31. The van der Waals surface area contributed by atoms with Crippen molar-refractivity contribution in [1.82, 2.24) is 19.5 Å². The first-order valence-corrected chi connectivity index (χ1v) is 11.5. The van der Waals surface area contributed by atoms with E-state index in [1.807, 2.05) is 28.5 Å². The normalized spacial score (nSPS) is 19.4. The Labute approximate surface area is 183 Å². The fourth-order valence-corrected chi connectivity index (χ4v) is 5.12. The number of amides is 1. The lowest BCUT2D eigenvalue weighted by Gasteiger charge is -2.35. The third-order valence-electron chi connectivity index (χ3n) is 6.75. The molecule has 6 nitrogen and oxygen atoms in total. The SMILES string of the molecule is Cc1ccc(C(=O)N2CCCC[C@H]2c2cc3nc(N4CCCC4)c(C)cn3n2)c(C)c1. The van der Waals surface area contributed by atoms with Crippen molar-refractivity contribution in [2.45, 2.75) is 58.9 Å². The Morgan fingerprint density at radius 1 is 0.968 bits per heavy atom. The summed E-state index contributed by atoms with van der Waals surface area (Å²) in [5, 5.41) is 4.87. The fraction of sp³-hybridized carbons (Fsp3) is 0.480. The third kappa shape index (κ3) is 3.68. The van der Waals surface area contributed by atoms with E-state index in [1.165, 1.54) is 18.4 Å². The lowest BCUT2D eigenvalue weighted by atomic mass is 9.97. The summed E-state index contributed by atoms with van der Waals surface area (Å²) in [6.07, 6.45) is 7.64. The van der Waals surface area contributed by atoms with Crippen molar-refractivity contribution in [1.29, 1.82) is 0 Å². The minimum absolute atomic E-state index is 0.000745. The van der Waals surface area contributed by atoms with E-state index in [0.717, 1.165) is 72.7 Å². The molecule has 0 saturated carbocycles. The molecule has 2 aromatic heterocycles. The molecule has 0 unspecified atom stereocenters. The van der Waals surface area contributed by atoms with Gasteiger partial charge in [-0.2, -0.15) is 5.10 Å². The van der Waals surface area contributed by atoms with E-state index in [0.29, 0.717) is 0 Å². The first-order valence-electron chi connectivity index (χ1n) is 11.5. The van der Waals surface area contributed by atoms with E-state index in [4.69, 9.17) is 10.1 Å². The monoisotopic (exact) mass is 417 g/mol. The number of carbonyl (C=O) groups excluding carboxylic acids is 1. The molecular weight excluding hydrogens is 386 g/mol. The van der Waals surface area contributed by atoms with Crippen LogP contribution in [-0.2, 0) is 0 Å². The summed E-state index contributed by atoms with van der Waals surface area (Å²) in [5.74, 6) is 1.18. The number of aryl methyl sites for hydroxylation is 3. The van der Waals surface area contributed by atoms with Gasteiger partial charge in [0, 0.05) is 43.0 Å². The maximum Gasteiger partial charge on any atom is 0.254 e. The minimum atomic E-state index is -0.000745. The molecule has 31 heavy (non-hydrogen) atoms. The van der Waals surface area contributed by atoms with E-state index in [9.17, 15) is 4.79 Å². The highest BCUT2D eigenvalue weighted by Crippen LogP contribution is 2.33. The summed E-state index contributed by atoms with van der Waals surface area (Å²) in [7, 11) is 0. The average molecular weight is 418 g/mol. The molecule has 2 saturated heterocycles. The highest BCUT2D eigenvalue weighted by molar-refractivity contribution is 5.96. The number of carbonyl (C=O) groups is 1. The molecule has 6 heteroatoms. The van der Waals surface area contributed by atoms with Crippen LogP contribution in [0.1, 0.15) is 70.9 Å². The van der Waals surface area contributed by atoms with Gasteiger partial charge in [-0.15, -0.1) is 0 Å². The van der Waals surface area contributed by atoms with Crippen LogP contribution in [0.4, 0.5) is 5.82 Å². The van der Waals surface area contributed by atoms with Gasteiger partial charge in [0.15, 0.2) is 5.65 Å². The molecular formula is C25H31N5O. The zero-order valence-corrected chi connectivity index (χ0v) is 18.8. The second kappa shape index (κ2) is 7.98. The highest BCUT2D eigenvalue weighted by atomic mass is 16.2. The van der Waals surface area contributed by atoms with E-state index in [2.05, 4.69) is 37.1 Å². The topological polar surface area (TPSA) is 53.7 Å². The second-order valence-electron chi connectivity index (χ2n) is 9.14. The van der Waals surface area contributed by atoms with Crippen LogP contribution in [0, 0.1) is 20.8 Å². The van der Waals surface area contributed by atoms with Gasteiger partial charge in [0.1, 0.15) is 5.82 Å². The molecule has 162 valence electrons. The maximum atomic E-state index is 13.5. The lowest BCUT2D eigenvalue weighted by Crippen LogP contribution is -2.39. The van der Waals surface area contributed by atoms with Crippen molar-refractivity contribution in [3.05, 3.63) is 58.4 Å². The quantitative estimate of drug-likeness (QED) is 0.624. The Kier molecular flexibility index (Phi) is 5.16. The summed E-state index contributed by atoms with van der Waals surface area (Å²) < 4.78 is 1.89. The number of fused-ring (bicyclic) bond motifs is 1. The largest absolute Gasteiger partial charge is 0.356 e. The molecule has 0 radical (unpaired) electrons. The molecule has 3 aromatic rings. The molecule has 0 bridgehead atoms. The molecule has 2 fully saturated rings. The van der Waals surface area contributed by atoms with Crippen LogP contribution in [0.5, 0.6) is 0 Å². The molecule has 4 heterocycles. The lowest BCUT2D eigenvalue weighted by molar-refractivity contribution is 0.0605. The molecule has 2 aliphatic rings. The Morgan fingerprint density at radius 2 is 1.74 bits per heavy atom. The number of likely N-dealkylation sites (tertiary alicyclic amines) is 1. The molecule has 1 atom stereocenters. The first kappa shape index (κ1) is 20.0. The van der Waals surface area contributed by atoms with Crippen LogP contribution in [0.15, 0.2) is 30.5 Å². The van der Waals surface area contributed by atoms with E-state index < -0.39 is 0 Å². The number of hydrogen-bond donors (Lipinski definition) is 0. The summed E-state index contributed by atoms with van der Waals surface area (Å²) in [6, 6.07) is 8.16. The molecule has 1 amide bonds. The van der Waals surface area contributed by atoms with Crippen LogP contribution in [0.25, 0.3) is 5.65 Å². The Morgan fingerprint density at radius 3 is 2.52 bits per heavy atom. The summed E-state index contributed by atoms with van der Waals surface area (Å²) in [5.41, 5.74) is 5.98. The predicted molar refractivity (Wildman–Crippen MR) is 123 cm³/mol. The van der Waals surface area contributed by atoms with Crippen LogP contribution in [-0.4, -0.2) is 45.0 Å². The van der Waals surface area contributed by atoms with Crippen molar-refractivity contribution >= 4 is 17.4 Å². The number of hydrogen-bond acceptors (Lipinski definition) is 4. The van der Waals surface area contributed by atoms with Crippen LogP contribution >= 0.6 is 0 Å². The zero-order chi connectivity index (χ0) is 21.5. The van der Waals surface area contributed by atoms with Gasteiger partial charge in [0.2, 0.25) is 0 Å². The molecule has 1 aromatic carbocycles. The summed E-state index contributed by atoms with van der Waals surface area (Å²) >= 11 is 0. The van der Waals surface area contributed by atoms with Crippen LogP contribution in [0.3, 0.4) is 0 Å². The van der Waals surface area contributed by atoms with Gasteiger partial charge in [-0.3, -0.25) is 4.79 Å². The molecule has 0 spiro atoms. The molecule has 0 N–H and O–H groups in total. The maximum absolute atomic E-state index is 13.5. The summed E-state index contributed by atoms with van der Waals surface area (Å²) in [6.45, 7) is 9.12.